The lowest BCUT2D eigenvalue weighted by atomic mass is 10.1. The summed E-state index contributed by atoms with van der Waals surface area (Å²) in [6.07, 6.45) is 1.72. The zero-order valence-electron chi connectivity index (χ0n) is 17.3. The summed E-state index contributed by atoms with van der Waals surface area (Å²) in [5.41, 5.74) is 1.34. The van der Waals surface area contributed by atoms with Crippen molar-refractivity contribution in [3.05, 3.63) is 59.7 Å². The molecule has 4 rings (SSSR count). The Kier molecular flexibility index (Phi) is 5.90. The van der Waals surface area contributed by atoms with Crippen LogP contribution in [0.1, 0.15) is 37.5 Å². The maximum Gasteiger partial charge on any atom is 0.223 e. The molecule has 1 N–H and O–H groups in total. The number of rotatable bonds is 6. The minimum atomic E-state index is 0.0268. The number of nitrogens with zero attached hydrogens (tertiary/aromatic N) is 4. The lowest BCUT2D eigenvalue weighted by Gasteiger charge is -2.20. The van der Waals surface area contributed by atoms with Crippen LogP contribution in [0.4, 0.5) is 0 Å². The summed E-state index contributed by atoms with van der Waals surface area (Å²) in [5.74, 6) is 1.97. The molecule has 0 saturated carbocycles. The lowest BCUT2D eigenvalue weighted by Crippen LogP contribution is -2.30. The summed E-state index contributed by atoms with van der Waals surface area (Å²) < 4.78 is 2.18. The third-order valence-corrected chi connectivity index (χ3v) is 5.90. The largest absolute Gasteiger partial charge is 0.349 e. The van der Waals surface area contributed by atoms with Gasteiger partial charge in [-0.3, -0.25) is 9.69 Å². The molecule has 0 spiro atoms. The van der Waals surface area contributed by atoms with Crippen molar-refractivity contribution in [2.45, 2.75) is 46.3 Å². The van der Waals surface area contributed by atoms with E-state index in [0.29, 0.717) is 6.54 Å². The van der Waals surface area contributed by atoms with Crippen LogP contribution in [-0.4, -0.2) is 38.7 Å². The Bertz CT molecular complexity index is 996. The van der Waals surface area contributed by atoms with Crippen LogP contribution < -0.4 is 5.32 Å². The first-order chi connectivity index (χ1) is 14.1. The first kappa shape index (κ1) is 19.6. The van der Waals surface area contributed by atoms with Crippen LogP contribution >= 0.6 is 0 Å². The highest BCUT2D eigenvalue weighted by Gasteiger charge is 2.19. The van der Waals surface area contributed by atoms with Gasteiger partial charge in [0, 0.05) is 38.5 Å². The summed E-state index contributed by atoms with van der Waals surface area (Å²) in [5, 5.41) is 14.3. The average molecular weight is 392 g/mol. The molecule has 0 bridgehead atoms. The monoisotopic (exact) mass is 391 g/mol. The Balaban J connectivity index is 1.39. The molecule has 0 unspecified atom stereocenters. The van der Waals surface area contributed by atoms with E-state index in [2.05, 4.69) is 67.4 Å². The fourth-order valence-electron chi connectivity index (χ4n) is 3.84. The van der Waals surface area contributed by atoms with Crippen molar-refractivity contribution in [3.63, 3.8) is 0 Å². The van der Waals surface area contributed by atoms with E-state index in [4.69, 9.17) is 0 Å². The lowest BCUT2D eigenvalue weighted by molar-refractivity contribution is -0.124. The molecule has 6 heteroatoms. The zero-order valence-corrected chi connectivity index (χ0v) is 17.3. The van der Waals surface area contributed by atoms with Gasteiger partial charge in [-0.1, -0.05) is 50.2 Å². The number of amides is 1. The van der Waals surface area contributed by atoms with Gasteiger partial charge in [-0.15, -0.1) is 10.2 Å². The van der Waals surface area contributed by atoms with Gasteiger partial charge in [0.05, 0.1) is 6.54 Å². The Labute approximate surface area is 171 Å². The van der Waals surface area contributed by atoms with Gasteiger partial charge in [0.1, 0.15) is 5.82 Å². The highest BCUT2D eigenvalue weighted by Crippen LogP contribution is 2.18. The van der Waals surface area contributed by atoms with E-state index in [1.807, 2.05) is 13.8 Å². The molecule has 3 aromatic rings. The molecule has 0 saturated heterocycles. The number of aromatic nitrogens is 3. The summed E-state index contributed by atoms with van der Waals surface area (Å²) in [6.45, 7) is 8.12. The normalized spacial score (nSPS) is 15.7. The van der Waals surface area contributed by atoms with Gasteiger partial charge in [0.25, 0.3) is 0 Å². The highest BCUT2D eigenvalue weighted by atomic mass is 16.1. The Morgan fingerprint density at radius 1 is 1.10 bits per heavy atom. The Morgan fingerprint density at radius 2 is 1.93 bits per heavy atom. The Hall–Kier alpha value is -2.73. The molecule has 1 atom stereocenters. The third kappa shape index (κ3) is 4.48. The number of nitrogens with one attached hydrogen (secondary N) is 1. The standard InChI is InChI=1S/C23H29N5O/c1-3-17(2)23(29)24-15-22-26-25-21-10-11-27(12-13-28(21)22)16-18-8-9-19-6-4-5-7-20(19)14-18/h4-9,14,17H,3,10-13,15-16H2,1-2H3,(H,24,29)/t17-/m1/s1. The van der Waals surface area contributed by atoms with Crippen molar-refractivity contribution in [1.82, 2.24) is 25.0 Å². The maximum atomic E-state index is 12.1. The quantitative estimate of drug-likeness (QED) is 0.701. The number of carbonyl (C=O) groups is 1. The van der Waals surface area contributed by atoms with Gasteiger partial charge in [0.15, 0.2) is 5.82 Å². The summed E-state index contributed by atoms with van der Waals surface area (Å²) in [7, 11) is 0. The van der Waals surface area contributed by atoms with Gasteiger partial charge < -0.3 is 9.88 Å². The summed E-state index contributed by atoms with van der Waals surface area (Å²) >= 11 is 0. The van der Waals surface area contributed by atoms with Crippen LogP contribution in [0, 0.1) is 5.92 Å². The van der Waals surface area contributed by atoms with Gasteiger partial charge in [-0.2, -0.15) is 0 Å². The topological polar surface area (TPSA) is 63.1 Å². The van der Waals surface area contributed by atoms with Crippen LogP contribution in [0.25, 0.3) is 10.8 Å². The Morgan fingerprint density at radius 3 is 2.76 bits per heavy atom. The number of carbonyl (C=O) groups excluding carboxylic acids is 1. The maximum absolute atomic E-state index is 12.1. The zero-order chi connectivity index (χ0) is 20.2. The molecule has 1 aliphatic rings. The predicted octanol–water partition coefficient (Wildman–Crippen LogP) is 3.15. The molecule has 6 nitrogen and oxygen atoms in total. The van der Waals surface area contributed by atoms with Crippen molar-refractivity contribution in [1.29, 1.82) is 0 Å². The third-order valence-electron chi connectivity index (χ3n) is 5.90. The molecule has 2 heterocycles. The molecule has 1 aliphatic heterocycles. The van der Waals surface area contributed by atoms with Gasteiger partial charge in [-0.05, 0) is 28.8 Å². The molecular weight excluding hydrogens is 362 g/mol. The SMILES string of the molecule is CC[C@@H](C)C(=O)NCc1nnc2n1CCN(Cc1ccc3ccccc3c1)CC2. The molecular formula is C23H29N5O. The van der Waals surface area contributed by atoms with E-state index >= 15 is 0 Å². The fraction of sp³-hybridized carbons (Fsp3) is 0.435. The van der Waals surface area contributed by atoms with E-state index < -0.39 is 0 Å². The van der Waals surface area contributed by atoms with Crippen LogP contribution in [-0.2, 0) is 30.8 Å². The highest BCUT2D eigenvalue weighted by molar-refractivity contribution is 5.83. The molecule has 1 aromatic heterocycles. The van der Waals surface area contributed by atoms with E-state index in [-0.39, 0.29) is 11.8 Å². The molecule has 2 aromatic carbocycles. The average Bonchev–Trinajstić information content (AvgIpc) is 3.03. The van der Waals surface area contributed by atoms with Crippen LogP contribution in [0.2, 0.25) is 0 Å². The van der Waals surface area contributed by atoms with E-state index in [1.54, 1.807) is 0 Å². The number of hydrogen-bond donors (Lipinski definition) is 1. The van der Waals surface area contributed by atoms with Crippen LogP contribution in [0.3, 0.4) is 0 Å². The van der Waals surface area contributed by atoms with Gasteiger partial charge in [-0.25, -0.2) is 0 Å². The summed E-state index contributed by atoms with van der Waals surface area (Å²) in [6, 6.07) is 15.2. The first-order valence-electron chi connectivity index (χ1n) is 10.5. The van der Waals surface area contributed by atoms with Crippen molar-refractivity contribution in [2.75, 3.05) is 13.1 Å². The minimum absolute atomic E-state index is 0.0268. The number of benzene rings is 2. The van der Waals surface area contributed by atoms with Gasteiger partial charge >= 0.3 is 0 Å². The molecule has 0 fully saturated rings. The summed E-state index contributed by atoms with van der Waals surface area (Å²) in [4.78, 5) is 14.5. The second-order valence-electron chi connectivity index (χ2n) is 7.92. The minimum Gasteiger partial charge on any atom is -0.349 e. The first-order valence-corrected chi connectivity index (χ1v) is 10.5. The predicted molar refractivity (Wildman–Crippen MR) is 114 cm³/mol. The van der Waals surface area contributed by atoms with Crippen LogP contribution in [0.15, 0.2) is 42.5 Å². The molecule has 0 radical (unpaired) electrons. The molecule has 152 valence electrons. The van der Waals surface area contributed by atoms with E-state index in [0.717, 1.165) is 50.7 Å². The van der Waals surface area contributed by atoms with Gasteiger partial charge in [0.2, 0.25) is 5.91 Å². The molecule has 29 heavy (non-hydrogen) atoms. The van der Waals surface area contributed by atoms with Crippen molar-refractivity contribution >= 4 is 16.7 Å². The van der Waals surface area contributed by atoms with Crippen molar-refractivity contribution < 1.29 is 4.79 Å². The molecule has 0 aliphatic carbocycles. The fourth-order valence-corrected chi connectivity index (χ4v) is 3.84. The van der Waals surface area contributed by atoms with Crippen LogP contribution in [0.5, 0.6) is 0 Å². The van der Waals surface area contributed by atoms with Crippen molar-refractivity contribution in [2.24, 2.45) is 5.92 Å². The van der Waals surface area contributed by atoms with E-state index in [9.17, 15) is 4.79 Å². The second kappa shape index (κ2) is 8.74. The van der Waals surface area contributed by atoms with Crippen molar-refractivity contribution in [3.8, 4) is 0 Å². The number of fused-ring (bicyclic) bond motifs is 2. The smallest absolute Gasteiger partial charge is 0.223 e. The second-order valence-corrected chi connectivity index (χ2v) is 7.92. The van der Waals surface area contributed by atoms with E-state index in [1.165, 1.54) is 16.3 Å². The molecule has 1 amide bonds. The number of hydrogen-bond acceptors (Lipinski definition) is 4.